The Bertz CT molecular complexity index is 946. The Labute approximate surface area is 150 Å². The summed E-state index contributed by atoms with van der Waals surface area (Å²) in [5.74, 6) is -1.00. The van der Waals surface area contributed by atoms with Crippen LogP contribution in [0.4, 0.5) is 29.1 Å². The fourth-order valence-electron chi connectivity index (χ4n) is 2.15. The van der Waals surface area contributed by atoms with Gasteiger partial charge < -0.3 is 10.4 Å². The van der Waals surface area contributed by atoms with Crippen LogP contribution in [0.15, 0.2) is 48.5 Å². The molecule has 0 spiro atoms. The van der Waals surface area contributed by atoms with Crippen LogP contribution in [0.5, 0.6) is 5.75 Å². The van der Waals surface area contributed by atoms with E-state index in [0.29, 0.717) is 11.3 Å². The average Bonchev–Trinajstić information content (AvgIpc) is 2.57. The van der Waals surface area contributed by atoms with Crippen molar-refractivity contribution in [2.45, 2.75) is 6.18 Å². The third-order valence-electron chi connectivity index (χ3n) is 3.39. The molecule has 0 bridgehead atoms. The van der Waals surface area contributed by atoms with Crippen LogP contribution >= 0.6 is 11.6 Å². The van der Waals surface area contributed by atoms with Gasteiger partial charge in [-0.1, -0.05) is 23.7 Å². The molecule has 0 radical (unpaired) electrons. The summed E-state index contributed by atoms with van der Waals surface area (Å²) in [6.45, 7) is 0. The van der Waals surface area contributed by atoms with E-state index in [0.717, 1.165) is 24.3 Å². The van der Waals surface area contributed by atoms with Crippen molar-refractivity contribution < 1.29 is 22.7 Å². The maximum absolute atomic E-state index is 13.4. The molecule has 9 heteroatoms. The maximum Gasteiger partial charge on any atom is 0.416 e. The molecule has 0 saturated carbocycles. The van der Waals surface area contributed by atoms with Gasteiger partial charge in [0.15, 0.2) is 17.4 Å². The Balaban J connectivity index is 1.91. The van der Waals surface area contributed by atoms with Crippen LogP contribution in [0.25, 0.3) is 11.4 Å². The molecule has 1 heterocycles. The highest BCUT2D eigenvalue weighted by atomic mass is 35.5. The summed E-state index contributed by atoms with van der Waals surface area (Å²) in [6.07, 6.45) is -4.44. The first kappa shape index (κ1) is 17.9. The monoisotopic (exact) mass is 383 g/mol. The van der Waals surface area contributed by atoms with Gasteiger partial charge in [-0.3, -0.25) is 0 Å². The summed E-state index contributed by atoms with van der Waals surface area (Å²) in [5.41, 5.74) is -0.157. The van der Waals surface area contributed by atoms with Gasteiger partial charge in [0.2, 0.25) is 0 Å². The Morgan fingerprint density at radius 1 is 0.962 bits per heavy atom. The first-order valence-electron chi connectivity index (χ1n) is 7.20. The van der Waals surface area contributed by atoms with E-state index in [-0.39, 0.29) is 16.8 Å². The SMILES string of the molecule is Oc1ccc(Nc2cc(Cl)nc(-c3ccc(C(F)(F)F)cc3)n2)cc1F. The van der Waals surface area contributed by atoms with Crippen molar-refractivity contribution in [1.29, 1.82) is 0 Å². The predicted octanol–water partition coefficient (Wildman–Crippen LogP) is 5.40. The third-order valence-corrected chi connectivity index (χ3v) is 3.58. The fraction of sp³-hybridized carbons (Fsp3) is 0.0588. The molecule has 0 amide bonds. The van der Waals surface area contributed by atoms with Crippen molar-refractivity contribution in [3.63, 3.8) is 0 Å². The number of hydrogen-bond acceptors (Lipinski definition) is 4. The Morgan fingerprint density at radius 3 is 2.27 bits per heavy atom. The van der Waals surface area contributed by atoms with Gasteiger partial charge in [-0.15, -0.1) is 0 Å². The molecular formula is C17H10ClF4N3O. The molecule has 0 atom stereocenters. The van der Waals surface area contributed by atoms with Gasteiger partial charge in [-0.25, -0.2) is 14.4 Å². The first-order valence-corrected chi connectivity index (χ1v) is 7.58. The third kappa shape index (κ3) is 4.02. The summed E-state index contributed by atoms with van der Waals surface area (Å²) in [6, 6.07) is 9.33. The largest absolute Gasteiger partial charge is 0.505 e. The molecular weight excluding hydrogens is 374 g/mol. The number of hydrogen-bond donors (Lipinski definition) is 2. The predicted molar refractivity (Wildman–Crippen MR) is 88.8 cm³/mol. The molecule has 2 N–H and O–H groups in total. The molecule has 3 rings (SSSR count). The van der Waals surface area contributed by atoms with Crippen molar-refractivity contribution in [3.8, 4) is 17.1 Å². The van der Waals surface area contributed by atoms with E-state index in [1.807, 2.05) is 0 Å². The molecule has 1 aromatic heterocycles. The second-order valence-electron chi connectivity index (χ2n) is 5.27. The second-order valence-corrected chi connectivity index (χ2v) is 5.65. The molecule has 0 aliphatic carbocycles. The fourth-order valence-corrected chi connectivity index (χ4v) is 2.33. The minimum atomic E-state index is -4.44. The molecule has 3 aromatic rings. The van der Waals surface area contributed by atoms with Gasteiger partial charge in [0.1, 0.15) is 11.0 Å². The van der Waals surface area contributed by atoms with Gasteiger partial charge >= 0.3 is 6.18 Å². The zero-order valence-electron chi connectivity index (χ0n) is 12.9. The smallest absolute Gasteiger partial charge is 0.416 e. The van der Waals surface area contributed by atoms with Crippen molar-refractivity contribution in [2.24, 2.45) is 0 Å². The lowest BCUT2D eigenvalue weighted by Crippen LogP contribution is -2.04. The van der Waals surface area contributed by atoms with Crippen LogP contribution in [0.3, 0.4) is 0 Å². The number of rotatable bonds is 3. The molecule has 2 aromatic carbocycles. The number of halogens is 5. The molecule has 0 saturated heterocycles. The summed E-state index contributed by atoms with van der Waals surface area (Å²) < 4.78 is 51.3. The molecule has 0 fully saturated rings. The Kier molecular flexibility index (Phi) is 4.69. The van der Waals surface area contributed by atoms with E-state index in [4.69, 9.17) is 11.6 Å². The average molecular weight is 384 g/mol. The lowest BCUT2D eigenvalue weighted by Gasteiger charge is -2.10. The minimum Gasteiger partial charge on any atom is -0.505 e. The summed E-state index contributed by atoms with van der Waals surface area (Å²) in [7, 11) is 0. The topological polar surface area (TPSA) is 58.0 Å². The molecule has 26 heavy (non-hydrogen) atoms. The highest BCUT2D eigenvalue weighted by Crippen LogP contribution is 2.31. The van der Waals surface area contributed by atoms with Crippen molar-refractivity contribution in [1.82, 2.24) is 9.97 Å². The number of phenols is 1. The second kappa shape index (κ2) is 6.80. The van der Waals surface area contributed by atoms with Gasteiger partial charge in [0, 0.05) is 23.4 Å². The molecule has 134 valence electrons. The maximum atomic E-state index is 13.4. The lowest BCUT2D eigenvalue weighted by atomic mass is 10.1. The van der Waals surface area contributed by atoms with E-state index in [1.165, 1.54) is 24.3 Å². The molecule has 4 nitrogen and oxygen atoms in total. The van der Waals surface area contributed by atoms with Crippen LogP contribution in [0, 0.1) is 5.82 Å². The van der Waals surface area contributed by atoms with Crippen LogP contribution in [0.1, 0.15) is 5.56 Å². The first-order chi connectivity index (χ1) is 12.2. The number of nitrogens with zero attached hydrogens (tertiary/aromatic N) is 2. The minimum absolute atomic E-state index is 0.0525. The summed E-state index contributed by atoms with van der Waals surface area (Å²) in [4.78, 5) is 8.16. The van der Waals surface area contributed by atoms with Crippen LogP contribution in [0.2, 0.25) is 5.15 Å². The van der Waals surface area contributed by atoms with Gasteiger partial charge in [-0.2, -0.15) is 13.2 Å². The van der Waals surface area contributed by atoms with Crippen molar-refractivity contribution in [3.05, 3.63) is 65.1 Å². The molecule has 0 aliphatic heterocycles. The van der Waals surface area contributed by atoms with E-state index in [1.54, 1.807) is 0 Å². The van der Waals surface area contributed by atoms with Gasteiger partial charge in [-0.05, 0) is 24.3 Å². The summed E-state index contributed by atoms with van der Waals surface area (Å²) in [5, 5.41) is 12.0. The number of aromatic nitrogens is 2. The number of benzene rings is 2. The van der Waals surface area contributed by atoms with E-state index < -0.39 is 23.3 Å². The Hall–Kier alpha value is -2.87. The van der Waals surface area contributed by atoms with Gasteiger partial charge in [0.25, 0.3) is 0 Å². The number of phenolic OH excluding ortho intramolecular Hbond substituents is 1. The van der Waals surface area contributed by atoms with Crippen LogP contribution in [-0.2, 0) is 6.18 Å². The Morgan fingerprint density at radius 2 is 1.65 bits per heavy atom. The number of aromatic hydroxyl groups is 1. The quantitative estimate of drug-likeness (QED) is 0.361. The lowest BCUT2D eigenvalue weighted by molar-refractivity contribution is -0.137. The van der Waals surface area contributed by atoms with Crippen LogP contribution < -0.4 is 5.32 Å². The normalized spacial score (nSPS) is 11.4. The van der Waals surface area contributed by atoms with Crippen LogP contribution in [-0.4, -0.2) is 15.1 Å². The zero-order valence-corrected chi connectivity index (χ0v) is 13.6. The summed E-state index contributed by atoms with van der Waals surface area (Å²) >= 11 is 5.94. The van der Waals surface area contributed by atoms with E-state index in [9.17, 15) is 22.7 Å². The molecule has 0 aliphatic rings. The van der Waals surface area contributed by atoms with Crippen molar-refractivity contribution >= 4 is 23.1 Å². The highest BCUT2D eigenvalue weighted by molar-refractivity contribution is 6.29. The van der Waals surface area contributed by atoms with E-state index >= 15 is 0 Å². The van der Waals surface area contributed by atoms with Crippen molar-refractivity contribution in [2.75, 3.05) is 5.32 Å². The zero-order chi connectivity index (χ0) is 18.9. The van der Waals surface area contributed by atoms with Gasteiger partial charge in [0.05, 0.1) is 5.56 Å². The molecule has 0 unspecified atom stereocenters. The highest BCUT2D eigenvalue weighted by Gasteiger charge is 2.30. The number of nitrogens with one attached hydrogen (secondary N) is 1. The standard InChI is InChI=1S/C17H10ClF4N3O/c18-14-8-15(23-11-5-6-13(26)12(19)7-11)25-16(24-14)9-1-3-10(4-2-9)17(20,21)22/h1-8,26H,(H,23,24,25). The number of anilines is 2. The van der Waals surface area contributed by atoms with E-state index in [2.05, 4.69) is 15.3 Å². The number of alkyl halides is 3.